The fraction of sp³-hybridized carbons (Fsp3) is 0.167. The molecule has 0 atom stereocenters. The lowest BCUT2D eigenvalue weighted by Gasteiger charge is -2.03. The topological polar surface area (TPSA) is 65.3 Å². The third kappa shape index (κ3) is 2.49. The lowest BCUT2D eigenvalue weighted by molar-refractivity contribution is -0.385. The summed E-state index contributed by atoms with van der Waals surface area (Å²) >= 11 is 5.33. The lowest BCUT2D eigenvalue weighted by Crippen LogP contribution is -2.03. The summed E-state index contributed by atoms with van der Waals surface area (Å²) in [7, 11) is 0. The highest BCUT2D eigenvalue weighted by Crippen LogP contribution is 2.26. The van der Waals surface area contributed by atoms with Crippen molar-refractivity contribution in [1.82, 2.24) is 4.98 Å². The molecule has 5 nitrogen and oxygen atoms in total. The van der Waals surface area contributed by atoms with Crippen molar-refractivity contribution in [2.45, 2.75) is 6.61 Å². The number of nitro groups is 1. The monoisotopic (exact) mass is 224 g/mol. The average Bonchev–Trinajstić information content (AvgIpc) is 2.07. The highest BCUT2D eigenvalue weighted by atomic mass is 35.5. The van der Waals surface area contributed by atoms with Gasteiger partial charge in [0.2, 0.25) is 5.15 Å². The molecule has 0 bridgehead atoms. The van der Waals surface area contributed by atoms with Crippen LogP contribution in [0.1, 0.15) is 0 Å². The van der Waals surface area contributed by atoms with Crippen LogP contribution in [-0.2, 0) is 0 Å². The summed E-state index contributed by atoms with van der Waals surface area (Å²) in [5.74, 6) is -0.406. The van der Waals surface area contributed by atoms with Crippen LogP contribution >= 0.6 is 11.6 Å². The maximum Gasteiger partial charge on any atom is 0.387 e. The van der Waals surface area contributed by atoms with Gasteiger partial charge < -0.3 is 4.74 Å². The van der Waals surface area contributed by atoms with Crippen LogP contribution in [0.4, 0.5) is 14.5 Å². The summed E-state index contributed by atoms with van der Waals surface area (Å²) in [5.41, 5.74) is -0.579. The second kappa shape index (κ2) is 4.14. The summed E-state index contributed by atoms with van der Waals surface area (Å²) in [6.45, 7) is -3.06. The quantitative estimate of drug-likeness (QED) is 0.449. The maximum atomic E-state index is 11.7. The molecule has 8 heteroatoms. The van der Waals surface area contributed by atoms with Gasteiger partial charge in [-0.15, -0.1) is 0 Å². The fourth-order valence-corrected chi connectivity index (χ4v) is 0.886. The van der Waals surface area contributed by atoms with Crippen molar-refractivity contribution in [1.29, 1.82) is 0 Å². The van der Waals surface area contributed by atoms with Gasteiger partial charge in [-0.3, -0.25) is 10.1 Å². The molecule has 0 spiro atoms. The molecule has 1 aromatic heterocycles. The van der Waals surface area contributed by atoms with E-state index in [1.807, 2.05) is 0 Å². The molecule has 1 heterocycles. The van der Waals surface area contributed by atoms with Gasteiger partial charge in [0, 0.05) is 0 Å². The summed E-state index contributed by atoms with van der Waals surface area (Å²) in [5, 5.41) is 9.92. The van der Waals surface area contributed by atoms with Crippen LogP contribution in [0.25, 0.3) is 0 Å². The molecule has 14 heavy (non-hydrogen) atoms. The first-order valence-corrected chi connectivity index (χ1v) is 3.63. The van der Waals surface area contributed by atoms with E-state index in [0.717, 1.165) is 12.3 Å². The minimum Gasteiger partial charge on any atom is -0.433 e. The molecule has 0 aromatic carbocycles. The SMILES string of the molecule is O=[N+]([O-])c1cc(OC(F)F)cnc1Cl. The predicted molar refractivity (Wildman–Crippen MR) is 42.5 cm³/mol. The Balaban J connectivity index is 3.00. The lowest BCUT2D eigenvalue weighted by atomic mass is 10.4. The number of rotatable bonds is 3. The first kappa shape index (κ1) is 10.6. The first-order chi connectivity index (χ1) is 6.50. The highest BCUT2D eigenvalue weighted by Gasteiger charge is 2.16. The van der Waals surface area contributed by atoms with Crippen LogP contribution in [-0.4, -0.2) is 16.5 Å². The van der Waals surface area contributed by atoms with Crippen LogP contribution in [0.3, 0.4) is 0 Å². The third-order valence-corrected chi connectivity index (χ3v) is 1.51. The van der Waals surface area contributed by atoms with E-state index < -0.39 is 23.0 Å². The average molecular weight is 225 g/mol. The molecule has 0 unspecified atom stereocenters. The Morgan fingerprint density at radius 3 is 2.79 bits per heavy atom. The summed E-state index contributed by atoms with van der Waals surface area (Å²) < 4.78 is 27.3. The predicted octanol–water partition coefficient (Wildman–Crippen LogP) is 2.24. The maximum absolute atomic E-state index is 11.7. The molecule has 0 aliphatic rings. The van der Waals surface area contributed by atoms with E-state index in [0.29, 0.717) is 0 Å². The van der Waals surface area contributed by atoms with Gasteiger partial charge in [-0.2, -0.15) is 8.78 Å². The van der Waals surface area contributed by atoms with E-state index in [4.69, 9.17) is 11.6 Å². The first-order valence-electron chi connectivity index (χ1n) is 3.25. The molecule has 0 aliphatic heterocycles. The van der Waals surface area contributed by atoms with Crippen molar-refractivity contribution in [3.63, 3.8) is 0 Å². The number of pyridine rings is 1. The zero-order valence-corrected chi connectivity index (χ0v) is 7.24. The largest absolute Gasteiger partial charge is 0.433 e. The highest BCUT2D eigenvalue weighted by molar-refractivity contribution is 6.31. The van der Waals surface area contributed by atoms with Crippen LogP contribution < -0.4 is 4.74 Å². The van der Waals surface area contributed by atoms with Crippen molar-refractivity contribution >= 4 is 17.3 Å². The summed E-state index contributed by atoms with van der Waals surface area (Å²) in [6, 6.07) is 0.779. The Morgan fingerprint density at radius 2 is 2.29 bits per heavy atom. The Kier molecular flexibility index (Phi) is 3.13. The van der Waals surface area contributed by atoms with Gasteiger partial charge in [-0.25, -0.2) is 4.98 Å². The van der Waals surface area contributed by atoms with Gasteiger partial charge in [0.1, 0.15) is 0 Å². The number of ether oxygens (including phenoxy) is 1. The van der Waals surface area contributed by atoms with Gasteiger partial charge in [-0.1, -0.05) is 11.6 Å². The smallest absolute Gasteiger partial charge is 0.387 e. The van der Waals surface area contributed by atoms with E-state index in [9.17, 15) is 18.9 Å². The molecule has 0 saturated carbocycles. The van der Waals surface area contributed by atoms with Crippen molar-refractivity contribution < 1.29 is 18.4 Å². The van der Waals surface area contributed by atoms with Gasteiger partial charge in [0.25, 0.3) is 0 Å². The number of aromatic nitrogens is 1. The Bertz CT molecular complexity index is 361. The van der Waals surface area contributed by atoms with Crippen LogP contribution in [0.15, 0.2) is 12.3 Å². The molecule has 0 radical (unpaired) electrons. The molecule has 0 fully saturated rings. The van der Waals surface area contributed by atoms with Crippen molar-refractivity contribution in [2.75, 3.05) is 0 Å². The normalized spacial score (nSPS) is 10.3. The Hall–Kier alpha value is -1.50. The standard InChI is InChI=1S/C6H3ClF2N2O3/c7-5-4(11(12)13)1-3(2-10-5)14-6(8)9/h1-2,6H. The molecule has 0 aliphatic carbocycles. The number of nitrogens with zero attached hydrogens (tertiary/aromatic N) is 2. The second-order valence-electron chi connectivity index (χ2n) is 2.12. The molecule has 1 aromatic rings. The van der Waals surface area contributed by atoms with E-state index in [1.165, 1.54) is 0 Å². The molecular formula is C6H3ClF2N2O3. The van der Waals surface area contributed by atoms with E-state index >= 15 is 0 Å². The van der Waals surface area contributed by atoms with E-state index in [-0.39, 0.29) is 5.15 Å². The molecule has 76 valence electrons. The number of alkyl halides is 2. The zero-order valence-electron chi connectivity index (χ0n) is 6.49. The molecule has 1 rings (SSSR count). The number of hydrogen-bond acceptors (Lipinski definition) is 4. The van der Waals surface area contributed by atoms with E-state index in [1.54, 1.807) is 0 Å². The molecule has 0 N–H and O–H groups in total. The fourth-order valence-electron chi connectivity index (χ4n) is 0.713. The van der Waals surface area contributed by atoms with Crippen molar-refractivity contribution in [3.05, 3.63) is 27.5 Å². The van der Waals surface area contributed by atoms with E-state index in [2.05, 4.69) is 9.72 Å². The summed E-state index contributed by atoms with van der Waals surface area (Å²) in [6.07, 6.45) is 0.876. The zero-order chi connectivity index (χ0) is 10.7. The third-order valence-electron chi connectivity index (χ3n) is 1.22. The minimum atomic E-state index is -3.06. The number of hydrogen-bond donors (Lipinski definition) is 0. The minimum absolute atomic E-state index is 0.378. The van der Waals surface area contributed by atoms with Crippen molar-refractivity contribution in [3.8, 4) is 5.75 Å². The van der Waals surface area contributed by atoms with Crippen LogP contribution in [0.5, 0.6) is 5.75 Å². The van der Waals surface area contributed by atoms with Gasteiger partial charge in [0.05, 0.1) is 17.2 Å². The molecule has 0 amide bonds. The van der Waals surface area contributed by atoms with Gasteiger partial charge in [-0.05, 0) is 0 Å². The second-order valence-corrected chi connectivity index (χ2v) is 2.47. The summed E-state index contributed by atoms with van der Waals surface area (Å²) in [4.78, 5) is 12.8. The Labute approximate surface area is 81.4 Å². The number of halogens is 3. The molecule has 0 saturated heterocycles. The van der Waals surface area contributed by atoms with Gasteiger partial charge in [0.15, 0.2) is 5.75 Å². The Morgan fingerprint density at radius 1 is 1.64 bits per heavy atom. The van der Waals surface area contributed by atoms with Crippen molar-refractivity contribution in [2.24, 2.45) is 0 Å². The van der Waals surface area contributed by atoms with Crippen LogP contribution in [0, 0.1) is 10.1 Å². The molecular weight excluding hydrogens is 222 g/mol. The van der Waals surface area contributed by atoms with Crippen LogP contribution in [0.2, 0.25) is 5.15 Å². The van der Waals surface area contributed by atoms with Gasteiger partial charge >= 0.3 is 12.3 Å².